The second-order valence-electron chi connectivity index (χ2n) is 4.59. The van der Waals surface area contributed by atoms with Gasteiger partial charge in [0.15, 0.2) is 0 Å². The van der Waals surface area contributed by atoms with E-state index in [0.717, 1.165) is 0 Å². The van der Waals surface area contributed by atoms with Crippen LogP contribution in [0.2, 0.25) is 0 Å². The molecular weight excluding hydrogens is 208 g/mol. The summed E-state index contributed by atoms with van der Waals surface area (Å²) in [7, 11) is 0. The van der Waals surface area contributed by atoms with E-state index in [9.17, 15) is 0 Å². The van der Waals surface area contributed by atoms with Crippen molar-refractivity contribution in [2.45, 2.75) is 26.2 Å². The van der Waals surface area contributed by atoms with Crippen LogP contribution < -0.4 is 5.32 Å². The fourth-order valence-electron chi connectivity index (χ4n) is 2.20. The van der Waals surface area contributed by atoms with E-state index in [1.165, 1.54) is 37.9 Å². The fraction of sp³-hybridized carbons (Fsp3) is 0.583. The molecular formula is C12H19ClN2. The van der Waals surface area contributed by atoms with Crippen molar-refractivity contribution in [2.75, 3.05) is 13.1 Å². The molecule has 0 aliphatic carbocycles. The maximum absolute atomic E-state index is 4.05. The highest BCUT2D eigenvalue weighted by atomic mass is 35.5. The molecule has 0 spiro atoms. The Bertz CT molecular complexity index is 281. The lowest BCUT2D eigenvalue weighted by atomic mass is 9.76. The summed E-state index contributed by atoms with van der Waals surface area (Å²) in [6, 6.07) is 4.26. The van der Waals surface area contributed by atoms with Crippen molar-refractivity contribution in [3.8, 4) is 0 Å². The van der Waals surface area contributed by atoms with Gasteiger partial charge in [-0.2, -0.15) is 0 Å². The van der Waals surface area contributed by atoms with Crippen molar-refractivity contribution in [1.82, 2.24) is 10.3 Å². The molecule has 2 nitrogen and oxygen atoms in total. The molecule has 2 rings (SSSR count). The van der Waals surface area contributed by atoms with Crippen LogP contribution in [0.25, 0.3) is 0 Å². The third-order valence-electron chi connectivity index (χ3n) is 3.19. The molecule has 0 aromatic carbocycles. The van der Waals surface area contributed by atoms with Crippen molar-refractivity contribution >= 4 is 12.4 Å². The van der Waals surface area contributed by atoms with E-state index in [2.05, 4.69) is 29.4 Å². The lowest BCUT2D eigenvalue weighted by Gasteiger charge is -2.34. The van der Waals surface area contributed by atoms with Gasteiger partial charge in [0.05, 0.1) is 0 Å². The highest BCUT2D eigenvalue weighted by Gasteiger charge is 2.26. The predicted molar refractivity (Wildman–Crippen MR) is 65.4 cm³/mol. The molecule has 1 fully saturated rings. The molecule has 15 heavy (non-hydrogen) atoms. The van der Waals surface area contributed by atoms with E-state index in [0.29, 0.717) is 5.41 Å². The first-order chi connectivity index (χ1) is 6.79. The third-order valence-corrected chi connectivity index (χ3v) is 3.19. The van der Waals surface area contributed by atoms with E-state index >= 15 is 0 Å². The molecule has 2 heterocycles. The zero-order valence-electron chi connectivity index (χ0n) is 9.20. The molecule has 0 atom stereocenters. The highest BCUT2D eigenvalue weighted by Crippen LogP contribution is 2.31. The van der Waals surface area contributed by atoms with Crippen LogP contribution >= 0.6 is 12.4 Å². The van der Waals surface area contributed by atoms with E-state index < -0.39 is 0 Å². The van der Waals surface area contributed by atoms with E-state index in [1.54, 1.807) is 0 Å². The summed E-state index contributed by atoms with van der Waals surface area (Å²) in [5, 5.41) is 3.41. The average molecular weight is 227 g/mol. The Hall–Kier alpha value is -0.600. The largest absolute Gasteiger partial charge is 0.317 e. The quantitative estimate of drug-likeness (QED) is 0.838. The summed E-state index contributed by atoms with van der Waals surface area (Å²) in [6.45, 7) is 4.73. The zero-order valence-corrected chi connectivity index (χ0v) is 10.0. The summed E-state index contributed by atoms with van der Waals surface area (Å²) < 4.78 is 0. The molecule has 1 aromatic rings. The van der Waals surface area contributed by atoms with Crippen LogP contribution in [0, 0.1) is 5.41 Å². The molecule has 1 aliphatic rings. The maximum atomic E-state index is 4.05. The van der Waals surface area contributed by atoms with Gasteiger partial charge in [-0.25, -0.2) is 0 Å². The Morgan fingerprint density at radius 1 is 1.27 bits per heavy atom. The first kappa shape index (κ1) is 12.5. The minimum absolute atomic E-state index is 0. The molecule has 0 saturated carbocycles. The monoisotopic (exact) mass is 226 g/mol. The number of halogens is 1. The van der Waals surface area contributed by atoms with Crippen LogP contribution in [0.1, 0.15) is 25.3 Å². The van der Waals surface area contributed by atoms with Crippen LogP contribution in [0.3, 0.4) is 0 Å². The van der Waals surface area contributed by atoms with Gasteiger partial charge >= 0.3 is 0 Å². The van der Waals surface area contributed by atoms with Crippen LogP contribution in [0.5, 0.6) is 0 Å². The minimum atomic E-state index is 0. The molecule has 1 saturated heterocycles. The Labute approximate surface area is 97.9 Å². The van der Waals surface area contributed by atoms with Crippen molar-refractivity contribution in [3.05, 3.63) is 30.1 Å². The fourth-order valence-corrected chi connectivity index (χ4v) is 2.20. The number of hydrogen-bond acceptors (Lipinski definition) is 2. The van der Waals surface area contributed by atoms with Crippen LogP contribution in [0.15, 0.2) is 24.5 Å². The maximum Gasteiger partial charge on any atom is 0.0270 e. The van der Waals surface area contributed by atoms with Crippen LogP contribution in [-0.2, 0) is 6.42 Å². The summed E-state index contributed by atoms with van der Waals surface area (Å²) in [5.41, 5.74) is 1.91. The SMILES string of the molecule is CC1(Cc2ccncc2)CCNCC1.Cl. The van der Waals surface area contributed by atoms with E-state index in [1.807, 2.05) is 12.4 Å². The summed E-state index contributed by atoms with van der Waals surface area (Å²) >= 11 is 0. The van der Waals surface area contributed by atoms with Gasteiger partial charge in [-0.3, -0.25) is 4.98 Å². The summed E-state index contributed by atoms with van der Waals surface area (Å²) in [6.07, 6.45) is 7.54. The standard InChI is InChI=1S/C12H18N2.ClH/c1-12(4-8-14-9-5-12)10-11-2-6-13-7-3-11;/h2-3,6-7,14H,4-5,8-10H2,1H3;1H. The number of aromatic nitrogens is 1. The van der Waals surface area contributed by atoms with Gasteiger partial charge in [0.1, 0.15) is 0 Å². The van der Waals surface area contributed by atoms with Crippen LogP contribution in [-0.4, -0.2) is 18.1 Å². The van der Waals surface area contributed by atoms with Crippen molar-refractivity contribution in [3.63, 3.8) is 0 Å². The van der Waals surface area contributed by atoms with Crippen LogP contribution in [0.4, 0.5) is 0 Å². The lowest BCUT2D eigenvalue weighted by molar-refractivity contribution is 0.228. The Morgan fingerprint density at radius 2 is 1.87 bits per heavy atom. The second kappa shape index (κ2) is 5.47. The third kappa shape index (κ3) is 3.47. The van der Waals surface area contributed by atoms with Gasteiger partial charge in [-0.15, -0.1) is 12.4 Å². The van der Waals surface area contributed by atoms with Gasteiger partial charge in [0.2, 0.25) is 0 Å². The van der Waals surface area contributed by atoms with E-state index in [4.69, 9.17) is 0 Å². The summed E-state index contributed by atoms with van der Waals surface area (Å²) in [5.74, 6) is 0. The molecule has 1 aromatic heterocycles. The Kier molecular flexibility index (Phi) is 4.55. The lowest BCUT2D eigenvalue weighted by Crippen LogP contribution is -2.36. The molecule has 3 heteroatoms. The number of piperidine rings is 1. The predicted octanol–water partition coefficient (Wildman–Crippen LogP) is 2.44. The number of nitrogens with zero attached hydrogens (tertiary/aromatic N) is 1. The number of pyridine rings is 1. The molecule has 0 radical (unpaired) electrons. The topological polar surface area (TPSA) is 24.9 Å². The highest BCUT2D eigenvalue weighted by molar-refractivity contribution is 5.85. The number of hydrogen-bond donors (Lipinski definition) is 1. The summed E-state index contributed by atoms with van der Waals surface area (Å²) in [4.78, 5) is 4.05. The normalized spacial score (nSPS) is 19.3. The first-order valence-electron chi connectivity index (χ1n) is 5.38. The van der Waals surface area contributed by atoms with Gasteiger partial charge in [-0.05, 0) is 55.5 Å². The van der Waals surface area contributed by atoms with Gasteiger partial charge in [0, 0.05) is 12.4 Å². The van der Waals surface area contributed by atoms with Crippen molar-refractivity contribution in [2.24, 2.45) is 5.41 Å². The van der Waals surface area contributed by atoms with Gasteiger partial charge < -0.3 is 5.32 Å². The van der Waals surface area contributed by atoms with Gasteiger partial charge in [-0.1, -0.05) is 6.92 Å². The number of rotatable bonds is 2. The van der Waals surface area contributed by atoms with E-state index in [-0.39, 0.29) is 12.4 Å². The Balaban J connectivity index is 0.00000112. The van der Waals surface area contributed by atoms with Crippen molar-refractivity contribution in [1.29, 1.82) is 0 Å². The second-order valence-corrected chi connectivity index (χ2v) is 4.59. The molecule has 84 valence electrons. The first-order valence-corrected chi connectivity index (χ1v) is 5.38. The van der Waals surface area contributed by atoms with Gasteiger partial charge in [0.25, 0.3) is 0 Å². The zero-order chi connectivity index (χ0) is 9.86. The molecule has 0 bridgehead atoms. The molecule has 0 amide bonds. The minimum Gasteiger partial charge on any atom is -0.317 e. The van der Waals surface area contributed by atoms with Crippen molar-refractivity contribution < 1.29 is 0 Å². The smallest absolute Gasteiger partial charge is 0.0270 e. The molecule has 0 unspecified atom stereocenters. The average Bonchev–Trinajstić information content (AvgIpc) is 2.19. The number of nitrogens with one attached hydrogen (secondary N) is 1. The Morgan fingerprint density at radius 3 is 2.47 bits per heavy atom. The molecule has 1 N–H and O–H groups in total. The molecule has 1 aliphatic heterocycles.